The maximum Gasteiger partial charge on any atom is 0.276 e. The molecule has 0 aromatic heterocycles. The number of nitrogens with zero attached hydrogens (tertiary/aromatic N) is 1. The van der Waals surface area contributed by atoms with Gasteiger partial charge in [-0.15, -0.1) is 12.4 Å². The van der Waals surface area contributed by atoms with Gasteiger partial charge in [-0.1, -0.05) is 0 Å². The summed E-state index contributed by atoms with van der Waals surface area (Å²) in [6.45, 7) is 0.818. The van der Waals surface area contributed by atoms with Gasteiger partial charge in [0.05, 0.1) is 0 Å². The topological polar surface area (TPSA) is 89.4 Å². The fourth-order valence-corrected chi connectivity index (χ4v) is 1.74. The molecule has 0 radical (unpaired) electrons. The van der Waals surface area contributed by atoms with Gasteiger partial charge in [0, 0.05) is 19.1 Å². The quantitative estimate of drug-likeness (QED) is 0.550. The van der Waals surface area contributed by atoms with E-state index in [1.54, 1.807) is 0 Å². The smallest absolute Gasteiger partial charge is 0.276 e. The zero-order valence-corrected chi connectivity index (χ0v) is 7.57. The second kappa shape index (κ2) is 3.68. The summed E-state index contributed by atoms with van der Waals surface area (Å²) in [6, 6.07) is -0.0432. The average molecular weight is 202 g/mol. The second-order valence-corrected chi connectivity index (χ2v) is 4.00. The molecular formula is C4H12ClN3O2S. The Bertz CT molecular complexity index is 217. The van der Waals surface area contributed by atoms with E-state index in [9.17, 15) is 8.42 Å². The molecule has 1 aliphatic heterocycles. The van der Waals surface area contributed by atoms with Crippen LogP contribution in [0.15, 0.2) is 0 Å². The lowest BCUT2D eigenvalue weighted by molar-refractivity contribution is 0.474. The van der Waals surface area contributed by atoms with E-state index in [1.807, 2.05) is 0 Å². The molecule has 4 N–H and O–H groups in total. The minimum Gasteiger partial charge on any atom is -0.326 e. The Balaban J connectivity index is 0.000001000. The van der Waals surface area contributed by atoms with Crippen LogP contribution in [0.3, 0.4) is 0 Å². The maximum atomic E-state index is 10.6. The summed E-state index contributed by atoms with van der Waals surface area (Å²) in [5, 5.41) is 4.85. The molecule has 0 amide bonds. The molecule has 1 unspecified atom stereocenters. The zero-order valence-electron chi connectivity index (χ0n) is 5.93. The van der Waals surface area contributed by atoms with Gasteiger partial charge in [0.25, 0.3) is 10.2 Å². The van der Waals surface area contributed by atoms with E-state index in [2.05, 4.69) is 0 Å². The molecule has 0 aliphatic carbocycles. The molecule has 68 valence electrons. The largest absolute Gasteiger partial charge is 0.326 e. The molecule has 0 bridgehead atoms. The van der Waals surface area contributed by atoms with Crippen LogP contribution < -0.4 is 10.9 Å². The Morgan fingerprint density at radius 2 is 2.00 bits per heavy atom. The number of hydrogen-bond acceptors (Lipinski definition) is 3. The molecule has 11 heavy (non-hydrogen) atoms. The van der Waals surface area contributed by atoms with Crippen LogP contribution in [0.2, 0.25) is 0 Å². The molecule has 1 aliphatic rings. The van der Waals surface area contributed by atoms with E-state index in [1.165, 1.54) is 4.31 Å². The van der Waals surface area contributed by atoms with Crippen LogP contribution in [-0.2, 0) is 10.2 Å². The number of hydrogen-bond donors (Lipinski definition) is 2. The van der Waals surface area contributed by atoms with Crippen LogP contribution in [0, 0.1) is 0 Å². The molecule has 7 heteroatoms. The van der Waals surface area contributed by atoms with Crippen molar-refractivity contribution in [1.82, 2.24) is 4.31 Å². The van der Waals surface area contributed by atoms with E-state index in [4.69, 9.17) is 10.9 Å². The SMILES string of the molecule is Cl.NC1CCN(S(N)(=O)=O)C1. The standard InChI is InChI=1S/C4H11N3O2S.ClH/c5-4-1-2-7(3-4)10(6,8)9;/h4H,1-3,5H2,(H2,6,8,9);1H. The first kappa shape index (κ1) is 11.1. The third-order valence-corrected chi connectivity index (χ3v) is 2.60. The van der Waals surface area contributed by atoms with Crippen molar-refractivity contribution in [3.05, 3.63) is 0 Å². The zero-order chi connectivity index (χ0) is 7.78. The van der Waals surface area contributed by atoms with Crippen LogP contribution in [-0.4, -0.2) is 31.9 Å². The van der Waals surface area contributed by atoms with E-state index in [0.29, 0.717) is 19.5 Å². The van der Waals surface area contributed by atoms with Crippen molar-refractivity contribution >= 4 is 22.6 Å². The molecule has 1 rings (SSSR count). The summed E-state index contributed by atoms with van der Waals surface area (Å²) >= 11 is 0. The minimum atomic E-state index is -3.48. The van der Waals surface area contributed by atoms with Gasteiger partial charge in [-0.3, -0.25) is 0 Å². The van der Waals surface area contributed by atoms with Crippen molar-refractivity contribution < 1.29 is 8.42 Å². The molecular weight excluding hydrogens is 190 g/mol. The first-order chi connectivity index (χ1) is 4.50. The Morgan fingerprint density at radius 1 is 1.45 bits per heavy atom. The Morgan fingerprint density at radius 3 is 2.18 bits per heavy atom. The monoisotopic (exact) mass is 201 g/mol. The Labute approximate surface area is 72.3 Å². The molecule has 1 saturated heterocycles. The third-order valence-electron chi connectivity index (χ3n) is 1.55. The Kier molecular flexibility index (Phi) is 3.72. The van der Waals surface area contributed by atoms with Gasteiger partial charge in [-0.05, 0) is 6.42 Å². The highest BCUT2D eigenvalue weighted by Crippen LogP contribution is 2.08. The summed E-state index contributed by atoms with van der Waals surface area (Å²) in [5.74, 6) is 0. The molecule has 0 saturated carbocycles. The molecule has 1 atom stereocenters. The predicted molar refractivity (Wildman–Crippen MR) is 44.5 cm³/mol. The number of rotatable bonds is 1. The van der Waals surface area contributed by atoms with Gasteiger partial charge in [-0.2, -0.15) is 12.7 Å². The fourth-order valence-electron chi connectivity index (χ4n) is 0.985. The number of nitrogens with two attached hydrogens (primary N) is 2. The lowest BCUT2D eigenvalue weighted by atomic mass is 10.3. The molecule has 1 fully saturated rings. The van der Waals surface area contributed by atoms with Crippen LogP contribution >= 0.6 is 12.4 Å². The maximum absolute atomic E-state index is 10.6. The van der Waals surface area contributed by atoms with Crippen molar-refractivity contribution in [3.63, 3.8) is 0 Å². The van der Waals surface area contributed by atoms with Gasteiger partial charge in [-0.25, -0.2) is 5.14 Å². The van der Waals surface area contributed by atoms with Gasteiger partial charge in [0.15, 0.2) is 0 Å². The second-order valence-electron chi connectivity index (χ2n) is 2.45. The first-order valence-electron chi connectivity index (χ1n) is 3.03. The van der Waals surface area contributed by atoms with E-state index >= 15 is 0 Å². The lowest BCUT2D eigenvalue weighted by Crippen LogP contribution is -2.36. The molecule has 0 spiro atoms. The van der Waals surface area contributed by atoms with E-state index < -0.39 is 10.2 Å². The van der Waals surface area contributed by atoms with E-state index in [0.717, 1.165) is 0 Å². The Hall–Kier alpha value is 0.120. The fraction of sp³-hybridized carbons (Fsp3) is 1.00. The summed E-state index contributed by atoms with van der Waals surface area (Å²) in [4.78, 5) is 0. The van der Waals surface area contributed by atoms with Gasteiger partial charge < -0.3 is 5.73 Å². The van der Waals surface area contributed by atoms with E-state index in [-0.39, 0.29) is 18.4 Å². The molecule has 0 aromatic rings. The van der Waals surface area contributed by atoms with Crippen molar-refractivity contribution in [1.29, 1.82) is 0 Å². The highest BCUT2D eigenvalue weighted by atomic mass is 35.5. The van der Waals surface area contributed by atoms with Gasteiger partial charge in [0.2, 0.25) is 0 Å². The predicted octanol–water partition coefficient (Wildman–Crippen LogP) is -1.36. The van der Waals surface area contributed by atoms with Crippen molar-refractivity contribution in [2.24, 2.45) is 10.9 Å². The third kappa shape index (κ3) is 2.92. The average Bonchev–Trinajstić information content (AvgIpc) is 2.11. The summed E-state index contributed by atoms with van der Waals surface area (Å²) in [6.07, 6.45) is 0.705. The number of halogens is 1. The summed E-state index contributed by atoms with van der Waals surface area (Å²) in [7, 11) is -3.48. The minimum absolute atomic E-state index is 0. The van der Waals surface area contributed by atoms with Crippen LogP contribution in [0.25, 0.3) is 0 Å². The molecule has 0 aromatic carbocycles. The first-order valence-corrected chi connectivity index (χ1v) is 4.54. The normalized spacial score (nSPS) is 26.5. The van der Waals surface area contributed by atoms with Crippen molar-refractivity contribution in [2.75, 3.05) is 13.1 Å². The highest BCUT2D eigenvalue weighted by Gasteiger charge is 2.26. The van der Waals surface area contributed by atoms with Crippen LogP contribution in [0.1, 0.15) is 6.42 Å². The van der Waals surface area contributed by atoms with Gasteiger partial charge >= 0.3 is 0 Å². The highest BCUT2D eigenvalue weighted by molar-refractivity contribution is 7.86. The summed E-state index contributed by atoms with van der Waals surface area (Å²) in [5.41, 5.74) is 5.46. The molecule has 1 heterocycles. The summed E-state index contributed by atoms with van der Waals surface area (Å²) < 4.78 is 22.4. The van der Waals surface area contributed by atoms with Crippen molar-refractivity contribution in [2.45, 2.75) is 12.5 Å². The van der Waals surface area contributed by atoms with Crippen molar-refractivity contribution in [3.8, 4) is 0 Å². The van der Waals surface area contributed by atoms with Gasteiger partial charge in [0.1, 0.15) is 0 Å². The van der Waals surface area contributed by atoms with Crippen LogP contribution in [0.4, 0.5) is 0 Å². The van der Waals surface area contributed by atoms with Crippen LogP contribution in [0.5, 0.6) is 0 Å². The lowest BCUT2D eigenvalue weighted by Gasteiger charge is -2.10. The molecule has 5 nitrogen and oxygen atoms in total.